The van der Waals surface area contributed by atoms with Crippen molar-refractivity contribution in [1.29, 1.82) is 0 Å². The summed E-state index contributed by atoms with van der Waals surface area (Å²) in [5.74, 6) is 3.37. The molecule has 0 radical (unpaired) electrons. The first-order valence-electron chi connectivity index (χ1n) is 6.73. The van der Waals surface area contributed by atoms with Gasteiger partial charge >= 0.3 is 0 Å². The maximum absolute atomic E-state index is 4.65. The van der Waals surface area contributed by atoms with Gasteiger partial charge < -0.3 is 5.32 Å². The Morgan fingerprint density at radius 3 is 2.95 bits per heavy atom. The van der Waals surface area contributed by atoms with Gasteiger partial charge in [0.15, 0.2) is 5.82 Å². The Labute approximate surface area is 118 Å². The van der Waals surface area contributed by atoms with E-state index in [2.05, 4.69) is 42.2 Å². The Kier molecular flexibility index (Phi) is 3.17. The number of hydrogen-bond acceptors (Lipinski definition) is 4. The Balaban J connectivity index is 1.97. The van der Waals surface area contributed by atoms with Gasteiger partial charge in [-0.3, -0.25) is 0 Å². The molecule has 0 aliphatic carbocycles. The number of nitrogens with zero attached hydrogens (tertiary/aromatic N) is 3. The molecule has 0 aromatic carbocycles. The first-order valence-corrected chi connectivity index (χ1v) is 7.89. The Morgan fingerprint density at radius 2 is 2.26 bits per heavy atom. The molecular formula is C14H20N4S. The molecule has 3 heterocycles. The van der Waals surface area contributed by atoms with E-state index in [1.807, 2.05) is 28.7 Å². The zero-order valence-electron chi connectivity index (χ0n) is 11.7. The van der Waals surface area contributed by atoms with Crippen LogP contribution in [0.15, 0.2) is 18.5 Å². The topological polar surface area (TPSA) is 42.2 Å². The standard InChI is InChI=1S/C14H20N4S/c1-14(2,3)12-8-11-13(15-5-6-18(11)17-12)16-10-4-7-19-9-10/h5-6,8,10H,4,7,9H2,1-3H3,(H,15,16). The molecule has 0 spiro atoms. The van der Waals surface area contributed by atoms with Gasteiger partial charge in [0.2, 0.25) is 0 Å². The Bertz CT molecular complexity index is 579. The van der Waals surface area contributed by atoms with Crippen LogP contribution >= 0.6 is 11.8 Å². The van der Waals surface area contributed by atoms with Crippen molar-refractivity contribution in [3.8, 4) is 0 Å². The van der Waals surface area contributed by atoms with Gasteiger partial charge in [-0.05, 0) is 18.2 Å². The third-order valence-corrected chi connectivity index (χ3v) is 4.59. The van der Waals surface area contributed by atoms with Gasteiger partial charge in [0.1, 0.15) is 5.52 Å². The fourth-order valence-electron chi connectivity index (χ4n) is 2.24. The summed E-state index contributed by atoms with van der Waals surface area (Å²) in [5, 5.41) is 8.21. The zero-order chi connectivity index (χ0) is 13.5. The van der Waals surface area contributed by atoms with E-state index in [0.29, 0.717) is 6.04 Å². The third kappa shape index (κ3) is 2.56. The van der Waals surface area contributed by atoms with Crippen molar-refractivity contribution < 1.29 is 0 Å². The maximum Gasteiger partial charge on any atom is 0.152 e. The number of hydrogen-bond donors (Lipinski definition) is 1. The molecule has 5 heteroatoms. The lowest BCUT2D eigenvalue weighted by molar-refractivity contribution is 0.562. The number of fused-ring (bicyclic) bond motifs is 1. The molecular weight excluding hydrogens is 256 g/mol. The van der Waals surface area contributed by atoms with Crippen LogP contribution < -0.4 is 5.32 Å². The van der Waals surface area contributed by atoms with Crippen LogP contribution in [0.3, 0.4) is 0 Å². The summed E-state index contributed by atoms with van der Waals surface area (Å²) in [6.45, 7) is 6.55. The molecule has 2 aromatic heterocycles. The normalized spacial score (nSPS) is 20.1. The molecule has 0 saturated carbocycles. The lowest BCUT2D eigenvalue weighted by atomic mass is 9.92. The van der Waals surface area contributed by atoms with Crippen molar-refractivity contribution in [2.45, 2.75) is 38.6 Å². The second-order valence-electron chi connectivity index (χ2n) is 6.09. The molecule has 1 atom stereocenters. The first kappa shape index (κ1) is 12.8. The summed E-state index contributed by atoms with van der Waals surface area (Å²) in [7, 11) is 0. The van der Waals surface area contributed by atoms with E-state index in [4.69, 9.17) is 0 Å². The summed E-state index contributed by atoms with van der Waals surface area (Å²) < 4.78 is 1.93. The minimum absolute atomic E-state index is 0.0620. The van der Waals surface area contributed by atoms with Gasteiger partial charge in [0.05, 0.1) is 5.69 Å². The second kappa shape index (κ2) is 4.71. The molecule has 1 aliphatic rings. The molecule has 1 aliphatic heterocycles. The number of aromatic nitrogens is 3. The number of thioether (sulfide) groups is 1. The lowest BCUT2D eigenvalue weighted by Gasteiger charge is -2.13. The molecule has 1 N–H and O–H groups in total. The summed E-state index contributed by atoms with van der Waals surface area (Å²) >= 11 is 2.00. The molecule has 2 aromatic rings. The average molecular weight is 276 g/mol. The minimum Gasteiger partial charge on any atom is -0.365 e. The number of rotatable bonds is 2. The van der Waals surface area contributed by atoms with Crippen LogP contribution in [0, 0.1) is 0 Å². The Morgan fingerprint density at radius 1 is 1.42 bits per heavy atom. The first-order chi connectivity index (χ1) is 9.04. The van der Waals surface area contributed by atoms with E-state index in [-0.39, 0.29) is 5.41 Å². The molecule has 102 valence electrons. The van der Waals surface area contributed by atoms with Gasteiger partial charge in [-0.1, -0.05) is 20.8 Å². The molecule has 19 heavy (non-hydrogen) atoms. The van der Waals surface area contributed by atoms with Gasteiger partial charge in [-0.25, -0.2) is 9.50 Å². The number of anilines is 1. The van der Waals surface area contributed by atoms with Crippen LogP contribution in [0.2, 0.25) is 0 Å². The predicted molar refractivity (Wildman–Crippen MR) is 81.0 cm³/mol. The quantitative estimate of drug-likeness (QED) is 0.915. The molecule has 0 bridgehead atoms. The van der Waals surface area contributed by atoms with Crippen molar-refractivity contribution in [3.63, 3.8) is 0 Å². The van der Waals surface area contributed by atoms with Gasteiger partial charge in [-0.15, -0.1) is 0 Å². The smallest absolute Gasteiger partial charge is 0.152 e. The lowest BCUT2D eigenvalue weighted by Crippen LogP contribution is -2.19. The largest absolute Gasteiger partial charge is 0.365 e. The van der Waals surface area contributed by atoms with E-state index >= 15 is 0 Å². The van der Waals surface area contributed by atoms with Crippen LogP contribution in [0.25, 0.3) is 5.52 Å². The van der Waals surface area contributed by atoms with E-state index in [9.17, 15) is 0 Å². The molecule has 1 saturated heterocycles. The third-order valence-electron chi connectivity index (χ3n) is 3.43. The minimum atomic E-state index is 0.0620. The highest BCUT2D eigenvalue weighted by atomic mass is 32.2. The van der Waals surface area contributed by atoms with Crippen LogP contribution in [0.1, 0.15) is 32.9 Å². The monoisotopic (exact) mass is 276 g/mol. The van der Waals surface area contributed by atoms with Crippen LogP contribution in [-0.2, 0) is 5.41 Å². The van der Waals surface area contributed by atoms with Crippen LogP contribution in [0.4, 0.5) is 5.82 Å². The molecule has 1 fully saturated rings. The van der Waals surface area contributed by atoms with Crippen molar-refractivity contribution >= 4 is 23.1 Å². The highest BCUT2D eigenvalue weighted by molar-refractivity contribution is 7.99. The van der Waals surface area contributed by atoms with E-state index in [1.165, 1.54) is 17.9 Å². The molecule has 3 rings (SSSR count). The summed E-state index contributed by atoms with van der Waals surface area (Å²) in [6, 6.07) is 2.69. The fraction of sp³-hybridized carbons (Fsp3) is 0.571. The fourth-order valence-corrected chi connectivity index (χ4v) is 3.39. The van der Waals surface area contributed by atoms with Gasteiger partial charge in [-0.2, -0.15) is 16.9 Å². The van der Waals surface area contributed by atoms with Gasteiger partial charge in [0, 0.05) is 29.6 Å². The Hall–Kier alpha value is -1.23. The van der Waals surface area contributed by atoms with E-state index < -0.39 is 0 Å². The van der Waals surface area contributed by atoms with E-state index in [1.54, 1.807) is 0 Å². The molecule has 1 unspecified atom stereocenters. The number of nitrogens with one attached hydrogen (secondary N) is 1. The summed E-state index contributed by atoms with van der Waals surface area (Å²) in [5.41, 5.74) is 2.24. The van der Waals surface area contributed by atoms with Crippen molar-refractivity contribution in [3.05, 3.63) is 24.2 Å². The van der Waals surface area contributed by atoms with Crippen molar-refractivity contribution in [2.75, 3.05) is 16.8 Å². The molecule has 0 amide bonds. The van der Waals surface area contributed by atoms with Crippen LogP contribution in [0.5, 0.6) is 0 Å². The summed E-state index contributed by atoms with van der Waals surface area (Å²) in [6.07, 6.45) is 4.95. The van der Waals surface area contributed by atoms with Gasteiger partial charge in [0.25, 0.3) is 0 Å². The summed E-state index contributed by atoms with van der Waals surface area (Å²) in [4.78, 5) is 4.48. The predicted octanol–water partition coefficient (Wildman–Crippen LogP) is 2.94. The van der Waals surface area contributed by atoms with Crippen LogP contribution in [-0.4, -0.2) is 32.1 Å². The van der Waals surface area contributed by atoms with Crippen molar-refractivity contribution in [1.82, 2.24) is 14.6 Å². The SMILES string of the molecule is CC(C)(C)c1cc2c(NC3CCSC3)nccn2n1. The second-order valence-corrected chi connectivity index (χ2v) is 7.24. The maximum atomic E-state index is 4.65. The van der Waals surface area contributed by atoms with E-state index in [0.717, 1.165) is 17.0 Å². The molecule has 4 nitrogen and oxygen atoms in total. The highest BCUT2D eigenvalue weighted by Gasteiger charge is 2.21. The highest BCUT2D eigenvalue weighted by Crippen LogP contribution is 2.26. The average Bonchev–Trinajstić information content (AvgIpc) is 2.96. The van der Waals surface area contributed by atoms with Crippen molar-refractivity contribution in [2.24, 2.45) is 0 Å². The zero-order valence-corrected chi connectivity index (χ0v) is 12.5.